The van der Waals surface area contributed by atoms with Crippen molar-refractivity contribution in [3.05, 3.63) is 33.2 Å². The fraction of sp³-hybridized carbons (Fsp3) is 0.385. The molecule has 0 aliphatic heterocycles. The molecule has 2 N–H and O–H groups in total. The summed E-state index contributed by atoms with van der Waals surface area (Å²) in [5.41, 5.74) is 0.756. The van der Waals surface area contributed by atoms with Gasteiger partial charge in [-0.15, -0.1) is 0 Å². The lowest BCUT2D eigenvalue weighted by molar-refractivity contribution is 0.566. The molecule has 0 saturated heterocycles. The first-order valence-electron chi connectivity index (χ1n) is 6.82. The van der Waals surface area contributed by atoms with E-state index in [0.717, 1.165) is 18.4 Å². The molecule has 3 rings (SSSR count). The first-order chi connectivity index (χ1) is 10.1. The highest BCUT2D eigenvalue weighted by Crippen LogP contribution is 2.15. The van der Waals surface area contributed by atoms with Gasteiger partial charge in [0, 0.05) is 19.8 Å². The highest BCUT2D eigenvalue weighted by Gasteiger charge is 2.16. The van der Waals surface area contributed by atoms with Crippen molar-refractivity contribution in [3.63, 3.8) is 0 Å². The number of aromatic amines is 2. The molecule has 8 nitrogen and oxygen atoms in total. The predicted molar refractivity (Wildman–Crippen MR) is 78.1 cm³/mol. The van der Waals surface area contributed by atoms with Gasteiger partial charge in [-0.25, -0.2) is 9.78 Å². The third-order valence-electron chi connectivity index (χ3n) is 3.49. The van der Waals surface area contributed by atoms with Crippen LogP contribution in [0.5, 0.6) is 0 Å². The Morgan fingerprint density at radius 1 is 1.33 bits per heavy atom. The maximum Gasteiger partial charge on any atom is 0.332 e. The van der Waals surface area contributed by atoms with Gasteiger partial charge in [0.15, 0.2) is 5.65 Å². The van der Waals surface area contributed by atoms with E-state index >= 15 is 0 Å². The quantitative estimate of drug-likeness (QED) is 0.734. The summed E-state index contributed by atoms with van der Waals surface area (Å²) in [6.45, 7) is 2.43. The number of hydrogen-bond donors (Lipinski definition) is 2. The number of H-pyrrole nitrogens is 2. The van der Waals surface area contributed by atoms with E-state index in [1.165, 1.54) is 9.13 Å². The minimum Gasteiger partial charge on any atom is -0.332 e. The van der Waals surface area contributed by atoms with Crippen molar-refractivity contribution in [1.82, 2.24) is 29.3 Å². The Bertz CT molecular complexity index is 884. The van der Waals surface area contributed by atoms with E-state index < -0.39 is 0 Å². The second-order valence-corrected chi connectivity index (χ2v) is 4.92. The summed E-state index contributed by atoms with van der Waals surface area (Å²) in [7, 11) is 1.62. The molecule has 0 unspecified atom stereocenters. The van der Waals surface area contributed by atoms with Gasteiger partial charge < -0.3 is 4.98 Å². The molecule has 0 atom stereocenters. The molecule has 3 aromatic rings. The highest BCUT2D eigenvalue weighted by molar-refractivity contribution is 5.75. The molecule has 8 heteroatoms. The summed E-state index contributed by atoms with van der Waals surface area (Å²) in [5, 5.41) is 6.54. The third-order valence-corrected chi connectivity index (χ3v) is 3.49. The van der Waals surface area contributed by atoms with Gasteiger partial charge in [-0.2, -0.15) is 5.10 Å². The van der Waals surface area contributed by atoms with Gasteiger partial charge in [0.25, 0.3) is 5.56 Å². The normalized spacial score (nSPS) is 11.3. The van der Waals surface area contributed by atoms with E-state index in [-0.39, 0.29) is 11.2 Å². The number of aromatic nitrogens is 6. The van der Waals surface area contributed by atoms with Gasteiger partial charge in [-0.05, 0) is 6.42 Å². The van der Waals surface area contributed by atoms with Crippen LogP contribution in [0.25, 0.3) is 22.6 Å². The lowest BCUT2D eigenvalue weighted by atomic mass is 10.3. The zero-order chi connectivity index (χ0) is 15.0. The number of imidazole rings is 1. The molecule has 0 aliphatic carbocycles. The summed E-state index contributed by atoms with van der Waals surface area (Å²) >= 11 is 0. The number of aryl methyl sites for hydroxylation is 1. The summed E-state index contributed by atoms with van der Waals surface area (Å²) in [4.78, 5) is 32.0. The number of rotatable bonds is 4. The molecule has 3 heterocycles. The van der Waals surface area contributed by atoms with Crippen LogP contribution in [0.3, 0.4) is 0 Å². The van der Waals surface area contributed by atoms with Crippen LogP contribution in [0.15, 0.2) is 22.0 Å². The molecule has 0 fully saturated rings. The molecule has 0 bridgehead atoms. The average molecular weight is 288 g/mol. The van der Waals surface area contributed by atoms with Crippen LogP contribution in [-0.2, 0) is 13.6 Å². The molecule has 0 radical (unpaired) electrons. The monoisotopic (exact) mass is 288 g/mol. The fourth-order valence-corrected chi connectivity index (χ4v) is 2.28. The van der Waals surface area contributed by atoms with E-state index in [2.05, 4.69) is 20.2 Å². The van der Waals surface area contributed by atoms with Crippen molar-refractivity contribution in [2.24, 2.45) is 7.05 Å². The lowest BCUT2D eigenvalue weighted by Gasteiger charge is -2.06. The van der Waals surface area contributed by atoms with Gasteiger partial charge in [0.05, 0.1) is 11.8 Å². The number of hydrogen-bond acceptors (Lipinski definition) is 4. The Balaban J connectivity index is 2.25. The van der Waals surface area contributed by atoms with E-state index in [1.807, 2.05) is 6.92 Å². The first kappa shape index (κ1) is 13.3. The van der Waals surface area contributed by atoms with E-state index in [4.69, 9.17) is 0 Å². The van der Waals surface area contributed by atoms with Crippen LogP contribution >= 0.6 is 0 Å². The average Bonchev–Trinajstić information content (AvgIpc) is 3.13. The molecular formula is C13H16N6O2. The standard InChI is InChI=1S/C13H16N6O2/c1-3-4-5-19-12(20)9-11(18(2)13(19)21)17-10(16-9)8-6-14-15-7-8/h6-7H,3-5H2,1-2H3,(H,14,15)(H,16,17). The number of nitrogens with one attached hydrogen (secondary N) is 2. The van der Waals surface area contributed by atoms with E-state index in [0.29, 0.717) is 23.5 Å². The smallest absolute Gasteiger partial charge is 0.332 e. The van der Waals surface area contributed by atoms with Crippen molar-refractivity contribution < 1.29 is 0 Å². The number of nitrogens with zero attached hydrogens (tertiary/aromatic N) is 4. The number of fused-ring (bicyclic) bond motifs is 1. The molecule has 0 aliphatic rings. The number of unbranched alkanes of at least 4 members (excludes halogenated alkanes) is 1. The third kappa shape index (κ3) is 2.08. The summed E-state index contributed by atoms with van der Waals surface area (Å²) in [6, 6.07) is 0. The minimum atomic E-state index is -0.341. The van der Waals surface area contributed by atoms with Gasteiger partial charge in [0.2, 0.25) is 0 Å². The van der Waals surface area contributed by atoms with Crippen LogP contribution < -0.4 is 11.2 Å². The first-order valence-corrected chi connectivity index (χ1v) is 6.82. The Labute approximate surface area is 119 Å². The minimum absolute atomic E-state index is 0.330. The van der Waals surface area contributed by atoms with Gasteiger partial charge in [-0.1, -0.05) is 13.3 Å². The van der Waals surface area contributed by atoms with Crippen LogP contribution in [0.1, 0.15) is 19.8 Å². The molecule has 0 spiro atoms. The molecule has 3 aromatic heterocycles. The SMILES string of the molecule is CCCCn1c(=O)c2[nH]c(-c3cn[nH]c3)nc2n(C)c1=O. The molecule has 110 valence electrons. The summed E-state index contributed by atoms with van der Waals surface area (Å²) in [5.74, 6) is 0.513. The maximum atomic E-state index is 12.4. The van der Waals surface area contributed by atoms with Crippen molar-refractivity contribution >= 4 is 11.2 Å². The van der Waals surface area contributed by atoms with E-state index in [9.17, 15) is 9.59 Å². The van der Waals surface area contributed by atoms with Crippen LogP contribution in [0.4, 0.5) is 0 Å². The Kier molecular flexibility index (Phi) is 3.20. The fourth-order valence-electron chi connectivity index (χ4n) is 2.28. The van der Waals surface area contributed by atoms with Crippen LogP contribution in [0, 0.1) is 0 Å². The molecule has 0 saturated carbocycles. The van der Waals surface area contributed by atoms with E-state index in [1.54, 1.807) is 19.4 Å². The summed E-state index contributed by atoms with van der Waals surface area (Å²) in [6.07, 6.45) is 4.97. The summed E-state index contributed by atoms with van der Waals surface area (Å²) < 4.78 is 2.65. The molecule has 0 aromatic carbocycles. The zero-order valence-corrected chi connectivity index (χ0v) is 11.9. The molecular weight excluding hydrogens is 272 g/mol. The van der Waals surface area contributed by atoms with Gasteiger partial charge in [-0.3, -0.25) is 19.0 Å². The van der Waals surface area contributed by atoms with Crippen LogP contribution in [-0.4, -0.2) is 29.3 Å². The Morgan fingerprint density at radius 3 is 2.81 bits per heavy atom. The predicted octanol–water partition coefficient (Wildman–Crippen LogP) is 0.614. The van der Waals surface area contributed by atoms with Gasteiger partial charge >= 0.3 is 5.69 Å². The Morgan fingerprint density at radius 2 is 2.14 bits per heavy atom. The lowest BCUT2D eigenvalue weighted by Crippen LogP contribution is -2.39. The van der Waals surface area contributed by atoms with Crippen molar-refractivity contribution in [3.8, 4) is 11.4 Å². The van der Waals surface area contributed by atoms with Crippen molar-refractivity contribution in [2.75, 3.05) is 0 Å². The maximum absolute atomic E-state index is 12.4. The second kappa shape index (κ2) is 5.04. The highest BCUT2D eigenvalue weighted by atomic mass is 16.2. The zero-order valence-electron chi connectivity index (χ0n) is 11.9. The topological polar surface area (TPSA) is 101 Å². The van der Waals surface area contributed by atoms with Crippen LogP contribution in [0.2, 0.25) is 0 Å². The van der Waals surface area contributed by atoms with Crippen molar-refractivity contribution in [1.29, 1.82) is 0 Å². The molecule has 21 heavy (non-hydrogen) atoms. The second-order valence-electron chi connectivity index (χ2n) is 4.92. The largest absolute Gasteiger partial charge is 0.332 e. The van der Waals surface area contributed by atoms with Crippen molar-refractivity contribution in [2.45, 2.75) is 26.3 Å². The molecule has 0 amide bonds. The van der Waals surface area contributed by atoms with Gasteiger partial charge in [0.1, 0.15) is 11.3 Å². The Hall–Kier alpha value is -2.64.